The van der Waals surface area contributed by atoms with E-state index in [9.17, 15) is 19.5 Å². The molecule has 2 unspecified atom stereocenters. The number of likely N-dealkylation sites (tertiary alicyclic amines) is 1. The number of ether oxygens (including phenoxy) is 1. The quantitative estimate of drug-likeness (QED) is 0.458. The first-order valence-electron chi connectivity index (χ1n) is 14.0. The highest BCUT2D eigenvalue weighted by molar-refractivity contribution is 6.04. The minimum Gasteiger partial charge on any atom is -0.394 e. The van der Waals surface area contributed by atoms with Crippen LogP contribution in [0, 0.1) is 31.6 Å². The summed E-state index contributed by atoms with van der Waals surface area (Å²) in [6.45, 7) is 7.92. The van der Waals surface area contributed by atoms with Crippen LogP contribution in [0.25, 0.3) is 0 Å². The fraction of sp³-hybridized carbons (Fsp3) is 0.516. The van der Waals surface area contributed by atoms with Crippen molar-refractivity contribution in [2.24, 2.45) is 17.8 Å². The van der Waals surface area contributed by atoms with Gasteiger partial charge in [0.25, 0.3) is 0 Å². The van der Waals surface area contributed by atoms with Crippen molar-refractivity contribution < 1.29 is 24.2 Å². The molecule has 7 atom stereocenters. The second kappa shape index (κ2) is 10.7. The largest absolute Gasteiger partial charge is 0.394 e. The number of benzene rings is 2. The number of aliphatic hydroxyl groups excluding tert-OH is 1. The van der Waals surface area contributed by atoms with Crippen LogP contribution < -0.4 is 10.6 Å². The van der Waals surface area contributed by atoms with Crippen LogP contribution in [-0.4, -0.2) is 58.1 Å². The Morgan fingerprint density at radius 1 is 1.10 bits per heavy atom. The van der Waals surface area contributed by atoms with Crippen LogP contribution in [0.15, 0.2) is 48.5 Å². The van der Waals surface area contributed by atoms with Crippen molar-refractivity contribution >= 4 is 23.4 Å². The molecule has 8 nitrogen and oxygen atoms in total. The fourth-order valence-electron chi connectivity index (χ4n) is 6.97. The Hall–Kier alpha value is -3.23. The average Bonchev–Trinajstić information content (AvgIpc) is 3.58. The summed E-state index contributed by atoms with van der Waals surface area (Å²) < 4.78 is 6.54. The average molecular weight is 534 g/mol. The molecule has 0 saturated carbocycles. The van der Waals surface area contributed by atoms with Gasteiger partial charge in [-0.2, -0.15) is 0 Å². The number of aryl methyl sites for hydroxylation is 2. The Kier molecular flexibility index (Phi) is 7.53. The highest BCUT2D eigenvalue weighted by Gasteiger charge is 2.75. The number of amides is 3. The third kappa shape index (κ3) is 4.53. The molecule has 3 aliphatic heterocycles. The SMILES string of the molecule is CC[C@H](C)[C@H](CO)N1C(=O)[C@@H]2[C@@H](C(=O)NCc3ccccc3)[C@H]3CCC2(O3)C1C(=O)Nc1c(C)cccc1C. The first-order chi connectivity index (χ1) is 18.7. The number of nitrogens with zero attached hydrogens (tertiary/aromatic N) is 1. The predicted octanol–water partition coefficient (Wildman–Crippen LogP) is 3.34. The van der Waals surface area contributed by atoms with Gasteiger partial charge in [0, 0.05) is 12.2 Å². The number of hydrogen-bond donors (Lipinski definition) is 3. The molecule has 39 heavy (non-hydrogen) atoms. The van der Waals surface area contributed by atoms with E-state index in [4.69, 9.17) is 4.74 Å². The highest BCUT2D eigenvalue weighted by atomic mass is 16.5. The number of anilines is 1. The number of nitrogens with one attached hydrogen (secondary N) is 2. The van der Waals surface area contributed by atoms with Gasteiger partial charge in [-0.25, -0.2) is 0 Å². The van der Waals surface area contributed by atoms with Crippen molar-refractivity contribution in [3.63, 3.8) is 0 Å². The van der Waals surface area contributed by atoms with Gasteiger partial charge in [-0.15, -0.1) is 0 Å². The van der Waals surface area contributed by atoms with Crippen molar-refractivity contribution in [1.82, 2.24) is 10.2 Å². The molecule has 3 saturated heterocycles. The number of para-hydroxylation sites is 1. The first-order valence-corrected chi connectivity index (χ1v) is 14.0. The topological polar surface area (TPSA) is 108 Å². The van der Waals surface area contributed by atoms with Gasteiger partial charge in [0.05, 0.1) is 30.6 Å². The van der Waals surface area contributed by atoms with Gasteiger partial charge in [0.15, 0.2) is 0 Å². The van der Waals surface area contributed by atoms with E-state index in [1.165, 1.54) is 0 Å². The second-order valence-corrected chi connectivity index (χ2v) is 11.4. The Labute approximate surface area is 230 Å². The molecule has 3 heterocycles. The summed E-state index contributed by atoms with van der Waals surface area (Å²) in [6, 6.07) is 13.9. The van der Waals surface area contributed by atoms with Crippen LogP contribution in [0.2, 0.25) is 0 Å². The lowest BCUT2D eigenvalue weighted by Crippen LogP contribution is -2.57. The summed E-state index contributed by atoms with van der Waals surface area (Å²) in [6.07, 6.45) is 1.41. The maximum Gasteiger partial charge on any atom is 0.250 e. The van der Waals surface area contributed by atoms with Crippen LogP contribution in [0.4, 0.5) is 5.69 Å². The molecule has 3 N–H and O–H groups in total. The third-order valence-electron chi connectivity index (χ3n) is 9.17. The van der Waals surface area contributed by atoms with E-state index in [1.807, 2.05) is 76.2 Å². The van der Waals surface area contributed by atoms with Gasteiger partial charge in [-0.1, -0.05) is 68.8 Å². The Balaban J connectivity index is 1.50. The number of carbonyl (C=O) groups excluding carboxylic acids is 3. The molecule has 1 spiro atoms. The molecule has 3 aliphatic rings. The van der Waals surface area contributed by atoms with Crippen molar-refractivity contribution in [2.45, 2.75) is 77.3 Å². The zero-order chi connectivity index (χ0) is 27.9. The fourth-order valence-corrected chi connectivity index (χ4v) is 6.97. The summed E-state index contributed by atoms with van der Waals surface area (Å²) in [5.41, 5.74) is 2.40. The van der Waals surface area contributed by atoms with Crippen LogP contribution >= 0.6 is 0 Å². The smallest absolute Gasteiger partial charge is 0.250 e. The Bertz CT molecular complexity index is 1230. The minimum atomic E-state index is -1.11. The second-order valence-electron chi connectivity index (χ2n) is 11.4. The van der Waals surface area contributed by atoms with E-state index < -0.39 is 35.6 Å². The van der Waals surface area contributed by atoms with E-state index >= 15 is 0 Å². The van der Waals surface area contributed by atoms with Gasteiger partial charge in [-0.05, 0) is 49.3 Å². The van der Waals surface area contributed by atoms with Gasteiger partial charge in [-0.3, -0.25) is 14.4 Å². The number of carbonyl (C=O) groups is 3. The van der Waals surface area contributed by atoms with Crippen LogP contribution in [-0.2, 0) is 25.7 Å². The molecule has 8 heteroatoms. The highest BCUT2D eigenvalue weighted by Crippen LogP contribution is 2.59. The summed E-state index contributed by atoms with van der Waals surface area (Å²) in [4.78, 5) is 43.5. The zero-order valence-corrected chi connectivity index (χ0v) is 23.1. The third-order valence-corrected chi connectivity index (χ3v) is 9.17. The number of aliphatic hydroxyl groups is 1. The van der Waals surface area contributed by atoms with E-state index in [1.54, 1.807) is 4.90 Å². The molecule has 5 rings (SSSR count). The lowest BCUT2D eigenvalue weighted by molar-refractivity contribution is -0.145. The minimum absolute atomic E-state index is 0.0489. The molecule has 0 aliphatic carbocycles. The summed E-state index contributed by atoms with van der Waals surface area (Å²) >= 11 is 0. The maximum absolute atomic E-state index is 14.3. The molecule has 0 aromatic heterocycles. The molecule has 3 fully saturated rings. The number of hydrogen-bond acceptors (Lipinski definition) is 5. The van der Waals surface area contributed by atoms with Gasteiger partial charge in [0.1, 0.15) is 11.6 Å². The lowest BCUT2D eigenvalue weighted by Gasteiger charge is -2.39. The van der Waals surface area contributed by atoms with Crippen LogP contribution in [0.5, 0.6) is 0 Å². The molecule has 2 bridgehead atoms. The normalized spacial score (nSPS) is 28.7. The van der Waals surface area contributed by atoms with Crippen LogP contribution in [0.3, 0.4) is 0 Å². The van der Waals surface area contributed by atoms with Crippen molar-refractivity contribution in [1.29, 1.82) is 0 Å². The van der Waals surface area contributed by atoms with Gasteiger partial charge < -0.3 is 25.4 Å². The van der Waals surface area contributed by atoms with Crippen molar-refractivity contribution in [3.05, 3.63) is 65.2 Å². The van der Waals surface area contributed by atoms with Gasteiger partial charge in [0.2, 0.25) is 17.7 Å². The lowest BCUT2D eigenvalue weighted by atomic mass is 9.70. The van der Waals surface area contributed by atoms with Crippen molar-refractivity contribution in [3.8, 4) is 0 Å². The van der Waals surface area contributed by atoms with E-state index in [0.29, 0.717) is 25.1 Å². The van der Waals surface area contributed by atoms with E-state index in [2.05, 4.69) is 10.6 Å². The maximum atomic E-state index is 14.3. The molecular weight excluding hydrogens is 494 g/mol. The Morgan fingerprint density at radius 3 is 2.44 bits per heavy atom. The van der Waals surface area contributed by atoms with Gasteiger partial charge >= 0.3 is 0 Å². The number of fused-ring (bicyclic) bond motifs is 1. The van der Waals surface area contributed by atoms with Crippen LogP contribution in [0.1, 0.15) is 49.8 Å². The van der Waals surface area contributed by atoms with E-state index in [0.717, 1.165) is 23.1 Å². The molecule has 3 amide bonds. The van der Waals surface area contributed by atoms with E-state index in [-0.39, 0.29) is 30.2 Å². The molecule has 0 radical (unpaired) electrons. The molecule has 2 aromatic rings. The van der Waals surface area contributed by atoms with Crippen molar-refractivity contribution in [2.75, 3.05) is 11.9 Å². The standard InChI is InChI=1S/C31H39N3O5/c1-5-18(2)22(17-35)34-27(29(37)33-26-19(3)10-9-11-20(26)4)31-15-14-23(39-31)24(25(31)30(34)38)28(36)32-16-21-12-7-6-8-13-21/h6-13,18,22-25,27,35H,5,14-17H2,1-4H3,(H,32,36)(H,33,37)/t18-,22-,23+,24-,25-,27?,31?/m0/s1. The zero-order valence-electron chi connectivity index (χ0n) is 23.1. The summed E-state index contributed by atoms with van der Waals surface area (Å²) in [5, 5.41) is 16.6. The predicted molar refractivity (Wildman–Crippen MR) is 148 cm³/mol. The number of rotatable bonds is 9. The Morgan fingerprint density at radius 2 is 1.79 bits per heavy atom. The molecule has 2 aromatic carbocycles. The molecular formula is C31H39N3O5. The summed E-state index contributed by atoms with van der Waals surface area (Å²) in [5.74, 6) is -2.37. The summed E-state index contributed by atoms with van der Waals surface area (Å²) in [7, 11) is 0. The molecule has 208 valence electrons. The monoisotopic (exact) mass is 533 g/mol. The first kappa shape index (κ1) is 27.3.